The van der Waals surface area contributed by atoms with Crippen molar-refractivity contribution in [3.05, 3.63) is 37.9 Å². The summed E-state index contributed by atoms with van der Waals surface area (Å²) in [6.45, 7) is 3.99. The number of hydrogen-bond donors (Lipinski definition) is 1. The van der Waals surface area contributed by atoms with Crippen LogP contribution in [-0.2, 0) is 11.3 Å². The highest BCUT2D eigenvalue weighted by Gasteiger charge is 2.18. The molecule has 3 rings (SSSR count). The van der Waals surface area contributed by atoms with Crippen molar-refractivity contribution in [2.75, 3.05) is 6.54 Å². The number of fused-ring (bicyclic) bond motifs is 1. The third-order valence-corrected chi connectivity index (χ3v) is 5.29. The Morgan fingerprint density at radius 2 is 2.15 bits per heavy atom. The van der Waals surface area contributed by atoms with Crippen LogP contribution in [0.25, 0.3) is 11.0 Å². The monoisotopic (exact) mass is 376 g/mol. The molecule has 0 aliphatic heterocycles. The average Bonchev–Trinajstić information content (AvgIpc) is 3.09. The lowest BCUT2D eigenvalue weighted by Crippen LogP contribution is -2.43. The van der Waals surface area contributed by atoms with Crippen LogP contribution in [0, 0.1) is 0 Å². The minimum absolute atomic E-state index is 0.111. The van der Waals surface area contributed by atoms with Crippen molar-refractivity contribution in [1.29, 1.82) is 0 Å². The number of carbonyl (C=O) groups excluding carboxylic acids is 1. The zero-order valence-corrected chi connectivity index (χ0v) is 16.0. The van der Waals surface area contributed by atoms with Crippen LogP contribution in [0.2, 0.25) is 0 Å². The van der Waals surface area contributed by atoms with Gasteiger partial charge in [-0.1, -0.05) is 11.6 Å². The van der Waals surface area contributed by atoms with Gasteiger partial charge in [-0.25, -0.2) is 4.79 Å². The quantitative estimate of drug-likeness (QED) is 0.783. The number of amides is 1. The summed E-state index contributed by atoms with van der Waals surface area (Å²) in [5.74, 6) is -0.232. The van der Waals surface area contributed by atoms with Gasteiger partial charge in [0.2, 0.25) is 5.91 Å². The fraction of sp³-hybridized carbons (Fsp3) is 0.556. The highest BCUT2D eigenvalue weighted by molar-refractivity contribution is 7.04. The lowest BCUT2D eigenvalue weighted by molar-refractivity contribution is -0.121. The molecule has 140 valence electrons. The van der Waals surface area contributed by atoms with Crippen LogP contribution in [0.5, 0.6) is 0 Å². The van der Waals surface area contributed by atoms with E-state index in [1.54, 1.807) is 19.2 Å². The Balaban J connectivity index is 1.76. The Hall–Kier alpha value is -2.22. The van der Waals surface area contributed by atoms with Crippen LogP contribution in [0.4, 0.5) is 0 Å². The molecule has 0 atom stereocenters. The Kier molecular flexibility index (Phi) is 5.70. The predicted octanol–water partition coefficient (Wildman–Crippen LogP) is 2.21. The van der Waals surface area contributed by atoms with E-state index in [0.717, 1.165) is 35.4 Å². The largest absolute Gasteiger partial charge is 0.354 e. The molecule has 7 nitrogen and oxygen atoms in total. The summed E-state index contributed by atoms with van der Waals surface area (Å²) in [5, 5.41) is 4.52. The molecule has 0 radical (unpaired) electrons. The molecule has 1 aliphatic carbocycles. The van der Waals surface area contributed by atoms with Crippen molar-refractivity contribution in [3.8, 4) is 0 Å². The summed E-state index contributed by atoms with van der Waals surface area (Å²) in [7, 11) is 0. The summed E-state index contributed by atoms with van der Waals surface area (Å²) in [4.78, 5) is 37.5. The molecule has 0 saturated heterocycles. The molecular formula is C18H24N4O3S. The van der Waals surface area contributed by atoms with E-state index in [-0.39, 0.29) is 24.0 Å². The smallest absolute Gasteiger partial charge is 0.332 e. The Bertz CT molecular complexity index is 951. The topological polar surface area (TPSA) is 86.0 Å². The van der Waals surface area contributed by atoms with E-state index in [0.29, 0.717) is 12.1 Å². The van der Waals surface area contributed by atoms with Gasteiger partial charge >= 0.3 is 5.69 Å². The predicted molar refractivity (Wildman–Crippen MR) is 103 cm³/mol. The van der Waals surface area contributed by atoms with Crippen molar-refractivity contribution < 1.29 is 4.79 Å². The lowest BCUT2D eigenvalue weighted by Gasteiger charge is -2.15. The Labute approximate surface area is 155 Å². The second-order valence-electron chi connectivity index (χ2n) is 6.89. The van der Waals surface area contributed by atoms with Gasteiger partial charge in [0.25, 0.3) is 5.56 Å². The summed E-state index contributed by atoms with van der Waals surface area (Å²) in [6.07, 6.45) is 7.80. The van der Waals surface area contributed by atoms with Gasteiger partial charge in [-0.2, -0.15) is 4.37 Å². The standard InChI is InChI=1S/C18H24N4O3S/c1-12(2)22-17(24)16-14(11-26-20-16)21(18(22)25)10-15(23)19-9-8-13-6-4-3-5-7-13/h6,11-12H,3-5,7-10H2,1-2H3,(H,19,23). The maximum absolute atomic E-state index is 12.7. The maximum atomic E-state index is 12.7. The van der Waals surface area contributed by atoms with Crippen LogP contribution in [0.3, 0.4) is 0 Å². The zero-order valence-electron chi connectivity index (χ0n) is 15.2. The third kappa shape index (κ3) is 3.80. The Morgan fingerprint density at radius 3 is 2.85 bits per heavy atom. The van der Waals surface area contributed by atoms with E-state index >= 15 is 0 Å². The minimum Gasteiger partial charge on any atom is -0.354 e. The second-order valence-corrected chi connectivity index (χ2v) is 7.52. The van der Waals surface area contributed by atoms with Crippen molar-refractivity contribution in [1.82, 2.24) is 18.8 Å². The maximum Gasteiger partial charge on any atom is 0.332 e. The first-order valence-corrected chi connectivity index (χ1v) is 9.86. The second kappa shape index (κ2) is 7.99. The van der Waals surface area contributed by atoms with Crippen LogP contribution < -0.4 is 16.6 Å². The first-order chi connectivity index (χ1) is 12.5. The Morgan fingerprint density at radius 1 is 1.35 bits per heavy atom. The minimum atomic E-state index is -0.470. The van der Waals surface area contributed by atoms with Crippen molar-refractivity contribution in [2.24, 2.45) is 0 Å². The number of nitrogens with zero attached hydrogens (tertiary/aromatic N) is 3. The summed E-state index contributed by atoms with van der Waals surface area (Å²) < 4.78 is 6.60. The van der Waals surface area contributed by atoms with E-state index < -0.39 is 11.2 Å². The van der Waals surface area contributed by atoms with Crippen molar-refractivity contribution in [3.63, 3.8) is 0 Å². The van der Waals surface area contributed by atoms with Gasteiger partial charge in [-0.05, 0) is 57.5 Å². The van der Waals surface area contributed by atoms with E-state index in [2.05, 4.69) is 15.8 Å². The molecule has 1 aliphatic rings. The molecule has 2 aromatic rings. The molecule has 8 heteroatoms. The summed E-state index contributed by atoms with van der Waals surface area (Å²) in [5.41, 5.74) is 1.19. The zero-order chi connectivity index (χ0) is 18.7. The van der Waals surface area contributed by atoms with Gasteiger partial charge in [0.15, 0.2) is 5.52 Å². The molecule has 0 aromatic carbocycles. The van der Waals surface area contributed by atoms with Gasteiger partial charge in [0.1, 0.15) is 6.54 Å². The van der Waals surface area contributed by atoms with E-state index in [1.807, 2.05) is 0 Å². The van der Waals surface area contributed by atoms with Gasteiger partial charge in [0.05, 0.1) is 5.52 Å². The molecule has 2 heterocycles. The highest BCUT2D eigenvalue weighted by Crippen LogP contribution is 2.19. The normalized spacial score (nSPS) is 14.7. The van der Waals surface area contributed by atoms with E-state index in [4.69, 9.17) is 0 Å². The summed E-state index contributed by atoms with van der Waals surface area (Å²) in [6, 6.07) is -0.298. The molecular weight excluding hydrogens is 352 g/mol. The van der Waals surface area contributed by atoms with Gasteiger partial charge in [-0.3, -0.25) is 18.7 Å². The highest BCUT2D eigenvalue weighted by atomic mass is 32.1. The van der Waals surface area contributed by atoms with Crippen LogP contribution in [-0.4, -0.2) is 26.0 Å². The van der Waals surface area contributed by atoms with Gasteiger partial charge in [0, 0.05) is 18.0 Å². The molecule has 26 heavy (non-hydrogen) atoms. The van der Waals surface area contributed by atoms with Crippen molar-refractivity contribution in [2.45, 2.75) is 58.5 Å². The number of hydrogen-bond acceptors (Lipinski definition) is 5. The fourth-order valence-electron chi connectivity index (χ4n) is 3.31. The molecule has 0 spiro atoms. The number of carbonyl (C=O) groups is 1. The first kappa shape index (κ1) is 18.6. The van der Waals surface area contributed by atoms with Crippen LogP contribution in [0.15, 0.2) is 26.6 Å². The number of aromatic nitrogens is 3. The molecule has 0 saturated carbocycles. The molecule has 1 amide bonds. The molecule has 0 unspecified atom stereocenters. The fourth-order valence-corrected chi connectivity index (χ4v) is 3.98. The van der Waals surface area contributed by atoms with Gasteiger partial charge < -0.3 is 5.32 Å². The third-order valence-electron chi connectivity index (χ3n) is 4.67. The van der Waals surface area contributed by atoms with Crippen LogP contribution >= 0.6 is 11.5 Å². The van der Waals surface area contributed by atoms with E-state index in [9.17, 15) is 14.4 Å². The first-order valence-electron chi connectivity index (χ1n) is 9.03. The number of rotatable bonds is 6. The molecule has 0 fully saturated rings. The van der Waals surface area contributed by atoms with Crippen LogP contribution in [0.1, 0.15) is 52.0 Å². The summed E-state index contributed by atoms with van der Waals surface area (Å²) >= 11 is 1.11. The molecule has 2 aromatic heterocycles. The number of nitrogens with one attached hydrogen (secondary N) is 1. The van der Waals surface area contributed by atoms with E-state index in [1.165, 1.54) is 23.0 Å². The number of allylic oxidation sites excluding steroid dienone is 1. The SMILES string of the molecule is CC(C)n1c(=O)c2nscc2n(CC(=O)NCCC2=CCCCC2)c1=O. The average molecular weight is 376 g/mol. The molecule has 1 N–H and O–H groups in total. The van der Waals surface area contributed by atoms with Gasteiger partial charge in [-0.15, -0.1) is 0 Å². The lowest BCUT2D eigenvalue weighted by atomic mass is 9.97. The van der Waals surface area contributed by atoms with Crippen molar-refractivity contribution >= 4 is 28.5 Å². The molecule has 0 bridgehead atoms.